The van der Waals surface area contributed by atoms with Gasteiger partial charge in [-0.25, -0.2) is 0 Å². The lowest BCUT2D eigenvalue weighted by Crippen LogP contribution is -2.49. The fourth-order valence-electron chi connectivity index (χ4n) is 4.80. The molecule has 0 unspecified atom stereocenters. The predicted octanol–water partition coefficient (Wildman–Crippen LogP) is 5.69. The molecule has 2 heterocycles. The van der Waals surface area contributed by atoms with Crippen LogP contribution < -0.4 is 4.90 Å². The van der Waals surface area contributed by atoms with Gasteiger partial charge in [0.25, 0.3) is 5.91 Å². The van der Waals surface area contributed by atoms with Crippen molar-refractivity contribution in [1.82, 2.24) is 9.47 Å². The van der Waals surface area contributed by atoms with Crippen LogP contribution in [0.15, 0.2) is 66.2 Å². The summed E-state index contributed by atoms with van der Waals surface area (Å²) in [4.78, 5) is 17.3. The Morgan fingerprint density at radius 2 is 1.66 bits per heavy atom. The van der Waals surface area contributed by atoms with E-state index < -0.39 is 0 Å². The van der Waals surface area contributed by atoms with Gasteiger partial charge in [-0.1, -0.05) is 43.7 Å². The van der Waals surface area contributed by atoms with E-state index in [1.807, 2.05) is 25.1 Å². The standard InChI is InChI=1S/C30H34N4O/c1-4-5-9-25-12-14-29(15-13-25)34-23(2)20-26(24(34)3)21-27(22-31)30(35)33-18-16-32(17-19-33)28-10-7-6-8-11-28/h6-8,10-15,20-21H,4-5,9,16-19H2,1-3H3/b27-21-. The number of benzene rings is 2. The lowest BCUT2D eigenvalue weighted by molar-refractivity contribution is -0.126. The quantitative estimate of drug-likeness (QED) is 0.332. The Labute approximate surface area is 208 Å². The van der Waals surface area contributed by atoms with E-state index in [-0.39, 0.29) is 11.5 Å². The smallest absolute Gasteiger partial charge is 0.264 e. The molecular formula is C30H34N4O. The number of amides is 1. The van der Waals surface area contributed by atoms with E-state index in [2.05, 4.69) is 71.8 Å². The first kappa shape index (κ1) is 24.3. The van der Waals surface area contributed by atoms with Crippen molar-refractivity contribution in [2.24, 2.45) is 0 Å². The average Bonchev–Trinajstić information content (AvgIpc) is 3.18. The molecule has 1 saturated heterocycles. The maximum Gasteiger partial charge on any atom is 0.264 e. The largest absolute Gasteiger partial charge is 0.368 e. The van der Waals surface area contributed by atoms with Gasteiger partial charge in [-0.2, -0.15) is 5.26 Å². The zero-order valence-electron chi connectivity index (χ0n) is 21.0. The van der Waals surface area contributed by atoms with Gasteiger partial charge >= 0.3 is 0 Å². The number of nitrogens with zero attached hydrogens (tertiary/aromatic N) is 4. The highest BCUT2D eigenvalue weighted by atomic mass is 16.2. The highest BCUT2D eigenvalue weighted by Crippen LogP contribution is 2.24. The molecule has 1 aliphatic heterocycles. The molecule has 2 aromatic carbocycles. The summed E-state index contributed by atoms with van der Waals surface area (Å²) in [6, 6.07) is 23.2. The van der Waals surface area contributed by atoms with Gasteiger partial charge in [-0.05, 0) is 74.2 Å². The lowest BCUT2D eigenvalue weighted by atomic mass is 10.1. The third-order valence-corrected chi connectivity index (χ3v) is 6.82. The molecule has 3 aromatic rings. The third kappa shape index (κ3) is 5.49. The molecular weight excluding hydrogens is 432 g/mol. The summed E-state index contributed by atoms with van der Waals surface area (Å²) in [5.74, 6) is -0.190. The van der Waals surface area contributed by atoms with E-state index in [0.29, 0.717) is 13.1 Å². The molecule has 1 aliphatic rings. The van der Waals surface area contributed by atoms with E-state index in [1.54, 1.807) is 11.0 Å². The summed E-state index contributed by atoms with van der Waals surface area (Å²) in [5, 5.41) is 9.82. The molecule has 4 rings (SSSR count). The van der Waals surface area contributed by atoms with E-state index in [1.165, 1.54) is 24.1 Å². The Morgan fingerprint density at radius 3 is 2.29 bits per heavy atom. The summed E-state index contributed by atoms with van der Waals surface area (Å²) in [6.45, 7) is 9.05. The maximum absolute atomic E-state index is 13.2. The Morgan fingerprint density at radius 1 is 0.971 bits per heavy atom. The van der Waals surface area contributed by atoms with Crippen LogP contribution in [-0.2, 0) is 11.2 Å². The molecule has 0 aliphatic carbocycles. The number of anilines is 1. The molecule has 0 bridgehead atoms. The van der Waals surface area contributed by atoms with Crippen LogP contribution in [0.5, 0.6) is 0 Å². The number of aryl methyl sites for hydroxylation is 2. The topological polar surface area (TPSA) is 52.3 Å². The highest BCUT2D eigenvalue weighted by molar-refractivity contribution is 6.02. The number of rotatable bonds is 7. The van der Waals surface area contributed by atoms with Gasteiger partial charge in [-0.3, -0.25) is 4.79 Å². The van der Waals surface area contributed by atoms with Crippen molar-refractivity contribution in [3.8, 4) is 11.8 Å². The molecule has 0 N–H and O–H groups in total. The van der Waals surface area contributed by atoms with Gasteiger partial charge in [0.2, 0.25) is 0 Å². The lowest BCUT2D eigenvalue weighted by Gasteiger charge is -2.36. The molecule has 0 atom stereocenters. The normalized spacial score (nSPS) is 14.2. The van der Waals surface area contributed by atoms with Crippen molar-refractivity contribution >= 4 is 17.7 Å². The van der Waals surface area contributed by atoms with Gasteiger partial charge in [-0.15, -0.1) is 0 Å². The summed E-state index contributed by atoms with van der Waals surface area (Å²) < 4.78 is 2.19. The monoisotopic (exact) mass is 466 g/mol. The Kier molecular flexibility index (Phi) is 7.72. The molecule has 0 spiro atoms. The Hall–Kier alpha value is -3.78. The summed E-state index contributed by atoms with van der Waals surface area (Å²) in [6.07, 6.45) is 5.24. The zero-order chi connectivity index (χ0) is 24.8. The number of nitriles is 1. The van der Waals surface area contributed by atoms with Crippen molar-refractivity contribution in [1.29, 1.82) is 5.26 Å². The van der Waals surface area contributed by atoms with Crippen molar-refractivity contribution in [2.75, 3.05) is 31.1 Å². The second-order valence-corrected chi connectivity index (χ2v) is 9.22. The Bertz CT molecular complexity index is 1220. The summed E-state index contributed by atoms with van der Waals surface area (Å²) >= 11 is 0. The van der Waals surface area contributed by atoms with E-state index in [4.69, 9.17) is 0 Å². The number of piperazine rings is 1. The van der Waals surface area contributed by atoms with E-state index in [9.17, 15) is 10.1 Å². The minimum atomic E-state index is -0.190. The minimum Gasteiger partial charge on any atom is -0.368 e. The first-order valence-electron chi connectivity index (χ1n) is 12.5. The second kappa shape index (κ2) is 11.1. The van der Waals surface area contributed by atoms with Crippen molar-refractivity contribution < 1.29 is 4.79 Å². The van der Waals surface area contributed by atoms with Crippen LogP contribution in [0.2, 0.25) is 0 Å². The van der Waals surface area contributed by atoms with Crippen LogP contribution in [0, 0.1) is 25.2 Å². The van der Waals surface area contributed by atoms with Gasteiger partial charge in [0.05, 0.1) is 0 Å². The number of hydrogen-bond acceptors (Lipinski definition) is 3. The number of aromatic nitrogens is 1. The number of hydrogen-bond donors (Lipinski definition) is 0. The van der Waals surface area contributed by atoms with Crippen LogP contribution in [0.1, 0.15) is 42.3 Å². The number of carbonyl (C=O) groups is 1. The molecule has 1 amide bonds. The fourth-order valence-corrected chi connectivity index (χ4v) is 4.80. The van der Waals surface area contributed by atoms with E-state index >= 15 is 0 Å². The summed E-state index contributed by atoms with van der Waals surface area (Å²) in [5.41, 5.74) is 6.82. The molecule has 0 saturated carbocycles. The van der Waals surface area contributed by atoms with Gasteiger partial charge in [0.1, 0.15) is 11.6 Å². The highest BCUT2D eigenvalue weighted by Gasteiger charge is 2.24. The second-order valence-electron chi connectivity index (χ2n) is 9.22. The molecule has 1 fully saturated rings. The number of unbranched alkanes of at least 4 members (excludes halogenated alkanes) is 1. The minimum absolute atomic E-state index is 0.188. The molecule has 0 radical (unpaired) electrons. The van der Waals surface area contributed by atoms with Crippen LogP contribution in [0.4, 0.5) is 5.69 Å². The predicted molar refractivity (Wildman–Crippen MR) is 143 cm³/mol. The third-order valence-electron chi connectivity index (χ3n) is 6.82. The number of para-hydroxylation sites is 1. The van der Waals surface area contributed by atoms with Crippen LogP contribution in [-0.4, -0.2) is 41.6 Å². The first-order chi connectivity index (χ1) is 17.0. The van der Waals surface area contributed by atoms with Crippen molar-refractivity contribution in [2.45, 2.75) is 40.0 Å². The van der Waals surface area contributed by atoms with Crippen LogP contribution in [0.3, 0.4) is 0 Å². The van der Waals surface area contributed by atoms with Gasteiger partial charge < -0.3 is 14.4 Å². The van der Waals surface area contributed by atoms with Crippen molar-refractivity contribution in [3.63, 3.8) is 0 Å². The van der Waals surface area contributed by atoms with Crippen molar-refractivity contribution in [3.05, 3.63) is 88.8 Å². The SMILES string of the molecule is CCCCc1ccc(-n2c(C)cc(/C=C(/C#N)C(=O)N3CCN(c4ccccc4)CC3)c2C)cc1. The average molecular weight is 467 g/mol. The molecule has 5 heteroatoms. The zero-order valence-corrected chi connectivity index (χ0v) is 21.0. The molecule has 5 nitrogen and oxygen atoms in total. The molecule has 35 heavy (non-hydrogen) atoms. The molecule has 1 aromatic heterocycles. The van der Waals surface area contributed by atoms with Crippen LogP contribution in [0.25, 0.3) is 11.8 Å². The van der Waals surface area contributed by atoms with Crippen LogP contribution >= 0.6 is 0 Å². The Balaban J connectivity index is 1.49. The summed E-state index contributed by atoms with van der Waals surface area (Å²) in [7, 11) is 0. The van der Waals surface area contributed by atoms with Gasteiger partial charge in [0, 0.05) is 48.9 Å². The van der Waals surface area contributed by atoms with Gasteiger partial charge in [0.15, 0.2) is 0 Å². The molecule has 180 valence electrons. The number of carbonyl (C=O) groups excluding carboxylic acids is 1. The fraction of sp³-hybridized carbons (Fsp3) is 0.333. The maximum atomic E-state index is 13.2. The van der Waals surface area contributed by atoms with E-state index in [0.717, 1.165) is 42.1 Å². The first-order valence-corrected chi connectivity index (χ1v) is 12.5.